The van der Waals surface area contributed by atoms with Crippen LogP contribution in [0.2, 0.25) is 0 Å². The molecule has 0 spiro atoms. The number of fused-ring (bicyclic) bond motifs is 1. The van der Waals surface area contributed by atoms with Gasteiger partial charge in [-0.3, -0.25) is 9.36 Å². The summed E-state index contributed by atoms with van der Waals surface area (Å²) in [5.41, 5.74) is -0.277. The molecule has 0 saturated heterocycles. The van der Waals surface area contributed by atoms with Gasteiger partial charge in [0, 0.05) is 0 Å². The molecule has 1 heterocycles. The molecule has 2 N–H and O–H groups in total. The number of carbonyl (C=O) groups is 1. The predicted octanol–water partition coefficient (Wildman–Crippen LogP) is 1.45. The summed E-state index contributed by atoms with van der Waals surface area (Å²) in [6.45, 7) is 0.0329. The number of aromatic amines is 1. The molecule has 3 rings (SSSR count). The molecule has 3 aromatic rings. The van der Waals surface area contributed by atoms with Crippen LogP contribution in [-0.4, -0.2) is 34.8 Å². The normalized spacial score (nSPS) is 10.7. The molecule has 0 aliphatic rings. The summed E-state index contributed by atoms with van der Waals surface area (Å²) < 4.78 is 11.4. The molecule has 1 aromatic heterocycles. The average Bonchev–Trinajstić information content (AvgIpc) is 2.64. The van der Waals surface area contributed by atoms with E-state index in [0.717, 1.165) is 4.57 Å². The van der Waals surface area contributed by atoms with E-state index in [0.29, 0.717) is 17.1 Å². The van der Waals surface area contributed by atoms with Crippen LogP contribution in [0.5, 0.6) is 11.5 Å². The molecule has 0 bridgehead atoms. The minimum Gasteiger partial charge on any atom is -0.493 e. The van der Waals surface area contributed by atoms with Crippen molar-refractivity contribution in [3.8, 4) is 11.5 Å². The van der Waals surface area contributed by atoms with Crippen molar-refractivity contribution in [2.24, 2.45) is 0 Å². The molecule has 0 aliphatic heterocycles. The lowest BCUT2D eigenvalue weighted by Crippen LogP contribution is -2.35. The first kappa shape index (κ1) is 17.3. The Hall–Kier alpha value is -3.55. The molecule has 8 nitrogen and oxygen atoms in total. The zero-order valence-corrected chi connectivity index (χ0v) is 14.1. The number of H-pyrrole nitrogens is 1. The zero-order valence-electron chi connectivity index (χ0n) is 14.1. The van der Waals surface area contributed by atoms with Gasteiger partial charge in [-0.15, -0.1) is 0 Å². The third-order valence-corrected chi connectivity index (χ3v) is 4.02. The van der Waals surface area contributed by atoms with Crippen molar-refractivity contribution in [3.05, 3.63) is 68.4 Å². The summed E-state index contributed by atoms with van der Waals surface area (Å²) in [6.07, 6.45) is 0. The summed E-state index contributed by atoms with van der Waals surface area (Å²) in [6, 6.07) is 9.08. The van der Waals surface area contributed by atoms with Crippen molar-refractivity contribution in [2.45, 2.75) is 6.54 Å². The van der Waals surface area contributed by atoms with Crippen molar-refractivity contribution in [3.63, 3.8) is 0 Å². The van der Waals surface area contributed by atoms with Crippen LogP contribution in [0.4, 0.5) is 0 Å². The number of aromatic nitrogens is 2. The van der Waals surface area contributed by atoms with Gasteiger partial charge in [-0.05, 0) is 35.9 Å². The number of methoxy groups -OCH3 is 2. The van der Waals surface area contributed by atoms with Crippen LogP contribution < -0.4 is 20.7 Å². The fourth-order valence-electron chi connectivity index (χ4n) is 2.69. The van der Waals surface area contributed by atoms with Crippen molar-refractivity contribution >= 4 is 16.9 Å². The first-order valence-corrected chi connectivity index (χ1v) is 7.65. The quantitative estimate of drug-likeness (QED) is 0.716. The van der Waals surface area contributed by atoms with Crippen LogP contribution in [0.25, 0.3) is 10.9 Å². The van der Waals surface area contributed by atoms with E-state index in [1.54, 1.807) is 18.2 Å². The average molecular weight is 356 g/mol. The van der Waals surface area contributed by atoms with Crippen LogP contribution in [0, 0.1) is 0 Å². The van der Waals surface area contributed by atoms with Crippen molar-refractivity contribution < 1.29 is 19.4 Å². The number of ether oxygens (including phenoxy) is 2. The fraction of sp³-hybridized carbons (Fsp3) is 0.167. The first-order chi connectivity index (χ1) is 12.4. The SMILES string of the molecule is COc1ccc(Cn2c(=O)[nH]c3cc(C(=O)O)ccc3c2=O)cc1OC. The molecule has 0 radical (unpaired) electrons. The number of rotatable bonds is 5. The molecular weight excluding hydrogens is 340 g/mol. The van der Waals surface area contributed by atoms with Gasteiger partial charge in [-0.25, -0.2) is 9.59 Å². The molecule has 26 heavy (non-hydrogen) atoms. The van der Waals surface area contributed by atoms with Gasteiger partial charge in [0.25, 0.3) is 5.56 Å². The smallest absolute Gasteiger partial charge is 0.335 e. The van der Waals surface area contributed by atoms with Gasteiger partial charge in [0.1, 0.15) is 0 Å². The maximum absolute atomic E-state index is 12.7. The number of hydrogen-bond donors (Lipinski definition) is 2. The largest absolute Gasteiger partial charge is 0.493 e. The number of hydrogen-bond acceptors (Lipinski definition) is 5. The maximum Gasteiger partial charge on any atom is 0.335 e. The highest BCUT2D eigenvalue weighted by molar-refractivity contribution is 5.92. The monoisotopic (exact) mass is 356 g/mol. The van der Waals surface area contributed by atoms with Gasteiger partial charge in [0.15, 0.2) is 11.5 Å². The lowest BCUT2D eigenvalue weighted by Gasteiger charge is -2.11. The van der Waals surface area contributed by atoms with E-state index in [1.165, 1.54) is 32.4 Å². The predicted molar refractivity (Wildman–Crippen MR) is 94.4 cm³/mol. The zero-order chi connectivity index (χ0) is 18.8. The van der Waals surface area contributed by atoms with E-state index >= 15 is 0 Å². The maximum atomic E-state index is 12.7. The van der Waals surface area contributed by atoms with Gasteiger partial charge in [-0.1, -0.05) is 6.07 Å². The van der Waals surface area contributed by atoms with Gasteiger partial charge in [-0.2, -0.15) is 0 Å². The highest BCUT2D eigenvalue weighted by atomic mass is 16.5. The second-order valence-corrected chi connectivity index (χ2v) is 5.58. The number of nitrogens with one attached hydrogen (secondary N) is 1. The molecule has 2 aromatic carbocycles. The lowest BCUT2D eigenvalue weighted by atomic mass is 10.1. The Balaban J connectivity index is 2.09. The highest BCUT2D eigenvalue weighted by Gasteiger charge is 2.12. The van der Waals surface area contributed by atoms with Crippen molar-refractivity contribution in [1.82, 2.24) is 9.55 Å². The second-order valence-electron chi connectivity index (χ2n) is 5.58. The molecule has 0 amide bonds. The van der Waals surface area contributed by atoms with Crippen LogP contribution in [0.15, 0.2) is 46.0 Å². The lowest BCUT2D eigenvalue weighted by molar-refractivity contribution is 0.0697. The van der Waals surface area contributed by atoms with E-state index in [9.17, 15) is 14.4 Å². The Labute approximate surface area is 147 Å². The topological polar surface area (TPSA) is 111 Å². The fourth-order valence-corrected chi connectivity index (χ4v) is 2.69. The van der Waals surface area contributed by atoms with Gasteiger partial charge < -0.3 is 19.6 Å². The molecule has 0 saturated carbocycles. The number of nitrogens with zero attached hydrogens (tertiary/aromatic N) is 1. The molecule has 8 heteroatoms. The molecule has 0 aliphatic carbocycles. The van der Waals surface area contributed by atoms with Crippen LogP contribution in [0.3, 0.4) is 0 Å². The van der Waals surface area contributed by atoms with E-state index in [-0.39, 0.29) is 23.0 Å². The molecular formula is C18H16N2O6. The van der Waals surface area contributed by atoms with E-state index in [2.05, 4.69) is 4.98 Å². The highest BCUT2D eigenvalue weighted by Crippen LogP contribution is 2.27. The number of carboxylic acid groups (broad SMARTS) is 1. The van der Waals surface area contributed by atoms with Crippen LogP contribution in [0.1, 0.15) is 15.9 Å². The number of benzene rings is 2. The van der Waals surface area contributed by atoms with E-state index in [4.69, 9.17) is 14.6 Å². The van der Waals surface area contributed by atoms with Gasteiger partial charge >= 0.3 is 11.7 Å². The minimum absolute atomic E-state index is 0.00908. The minimum atomic E-state index is -1.14. The Bertz CT molecular complexity index is 1110. The molecule has 0 fully saturated rings. The van der Waals surface area contributed by atoms with Crippen LogP contribution >= 0.6 is 0 Å². The number of aromatic carboxylic acids is 1. The first-order valence-electron chi connectivity index (χ1n) is 7.65. The molecule has 0 unspecified atom stereocenters. The standard InChI is InChI=1S/C18H16N2O6/c1-25-14-6-3-10(7-15(14)26-2)9-20-16(21)12-5-4-11(17(22)23)8-13(12)19-18(20)24/h3-8H,9H2,1-2H3,(H,19,24)(H,22,23). The summed E-state index contributed by atoms with van der Waals surface area (Å²) in [5.74, 6) is -0.110. The summed E-state index contributed by atoms with van der Waals surface area (Å²) in [5, 5.41) is 9.26. The summed E-state index contributed by atoms with van der Waals surface area (Å²) in [7, 11) is 3.01. The number of carboxylic acids is 1. The van der Waals surface area contributed by atoms with E-state index < -0.39 is 17.2 Å². The second kappa shape index (κ2) is 6.75. The Kier molecular flexibility index (Phi) is 4.49. The van der Waals surface area contributed by atoms with Crippen molar-refractivity contribution in [2.75, 3.05) is 14.2 Å². The summed E-state index contributed by atoms with van der Waals surface area (Å²) >= 11 is 0. The van der Waals surface area contributed by atoms with Crippen molar-refractivity contribution in [1.29, 1.82) is 0 Å². The van der Waals surface area contributed by atoms with Gasteiger partial charge in [0.05, 0.1) is 37.2 Å². The Morgan fingerprint density at radius 2 is 1.81 bits per heavy atom. The Morgan fingerprint density at radius 3 is 2.46 bits per heavy atom. The Morgan fingerprint density at radius 1 is 1.08 bits per heavy atom. The van der Waals surface area contributed by atoms with Crippen LogP contribution in [-0.2, 0) is 6.54 Å². The summed E-state index contributed by atoms with van der Waals surface area (Å²) in [4.78, 5) is 38.6. The third-order valence-electron chi connectivity index (χ3n) is 4.02. The third kappa shape index (κ3) is 3.04. The van der Waals surface area contributed by atoms with Gasteiger partial charge in [0.2, 0.25) is 0 Å². The molecule has 0 atom stereocenters. The molecule has 134 valence electrons. The van der Waals surface area contributed by atoms with E-state index in [1.807, 2.05) is 0 Å².